The number of carbonyl (C=O) groups is 2. The lowest BCUT2D eigenvalue weighted by Gasteiger charge is -2.17. The van der Waals surface area contributed by atoms with Crippen LogP contribution in [0, 0.1) is 11.8 Å². The highest BCUT2D eigenvalue weighted by molar-refractivity contribution is 6.06. The molecular formula is C12H15NO3. The molecule has 0 spiro atoms. The minimum Gasteiger partial charge on any atom is -0.365 e. The van der Waals surface area contributed by atoms with Crippen LogP contribution in [0.1, 0.15) is 6.92 Å². The van der Waals surface area contributed by atoms with Crippen molar-refractivity contribution in [2.45, 2.75) is 19.1 Å². The number of hydrogen-bond acceptors (Lipinski definition) is 3. The van der Waals surface area contributed by atoms with Gasteiger partial charge >= 0.3 is 0 Å². The molecule has 0 aromatic carbocycles. The molecule has 2 aliphatic rings. The van der Waals surface area contributed by atoms with Gasteiger partial charge in [0.15, 0.2) is 0 Å². The summed E-state index contributed by atoms with van der Waals surface area (Å²) in [4.78, 5) is 25.3. The van der Waals surface area contributed by atoms with Gasteiger partial charge in [0.1, 0.15) is 0 Å². The molecule has 2 rings (SSSR count). The highest BCUT2D eigenvalue weighted by Crippen LogP contribution is 2.41. The molecule has 4 atom stereocenters. The van der Waals surface area contributed by atoms with Gasteiger partial charge in [0.2, 0.25) is 11.8 Å². The van der Waals surface area contributed by atoms with Crippen molar-refractivity contribution in [2.75, 3.05) is 6.54 Å². The van der Waals surface area contributed by atoms with Gasteiger partial charge < -0.3 is 4.74 Å². The van der Waals surface area contributed by atoms with E-state index in [1.54, 1.807) is 19.1 Å². The van der Waals surface area contributed by atoms with Gasteiger partial charge in [0, 0.05) is 6.54 Å². The first kappa shape index (κ1) is 11.1. The van der Waals surface area contributed by atoms with Crippen LogP contribution in [0.5, 0.6) is 0 Å². The lowest BCUT2D eigenvalue weighted by Crippen LogP contribution is -2.35. The van der Waals surface area contributed by atoms with Gasteiger partial charge in [0.25, 0.3) is 0 Å². The van der Waals surface area contributed by atoms with Crippen LogP contribution in [0.25, 0.3) is 0 Å². The zero-order valence-corrected chi connectivity index (χ0v) is 9.26. The third kappa shape index (κ3) is 1.26. The van der Waals surface area contributed by atoms with E-state index in [4.69, 9.17) is 4.74 Å². The molecule has 4 heteroatoms. The van der Waals surface area contributed by atoms with Gasteiger partial charge in [0.05, 0.1) is 24.0 Å². The van der Waals surface area contributed by atoms with Crippen molar-refractivity contribution < 1.29 is 14.3 Å². The van der Waals surface area contributed by atoms with Gasteiger partial charge in [-0.15, -0.1) is 13.2 Å². The monoisotopic (exact) mass is 221 g/mol. The highest BCUT2D eigenvalue weighted by Gasteiger charge is 2.57. The molecule has 0 aromatic heterocycles. The zero-order chi connectivity index (χ0) is 11.9. The molecule has 16 heavy (non-hydrogen) atoms. The Balaban J connectivity index is 2.37. The Morgan fingerprint density at radius 1 is 1.19 bits per heavy atom. The van der Waals surface area contributed by atoms with Crippen molar-refractivity contribution in [3.8, 4) is 0 Å². The summed E-state index contributed by atoms with van der Waals surface area (Å²) in [7, 11) is 0. The summed E-state index contributed by atoms with van der Waals surface area (Å²) in [5.41, 5.74) is 0. The van der Waals surface area contributed by atoms with E-state index in [1.165, 1.54) is 4.90 Å². The summed E-state index contributed by atoms with van der Waals surface area (Å²) < 4.78 is 5.56. The molecule has 0 bridgehead atoms. The first-order chi connectivity index (χ1) is 7.65. The second-order valence-electron chi connectivity index (χ2n) is 4.01. The van der Waals surface area contributed by atoms with E-state index >= 15 is 0 Å². The van der Waals surface area contributed by atoms with Crippen molar-refractivity contribution >= 4 is 11.8 Å². The summed E-state index contributed by atoms with van der Waals surface area (Å²) >= 11 is 0. The third-order valence-corrected chi connectivity index (χ3v) is 3.29. The fraction of sp³-hybridized carbons (Fsp3) is 0.500. The van der Waals surface area contributed by atoms with Crippen LogP contribution in [0.2, 0.25) is 0 Å². The second kappa shape index (κ2) is 3.87. The van der Waals surface area contributed by atoms with Gasteiger partial charge in [-0.1, -0.05) is 12.2 Å². The number of nitrogens with zero attached hydrogens (tertiary/aromatic N) is 1. The van der Waals surface area contributed by atoms with E-state index in [0.29, 0.717) is 6.54 Å². The largest absolute Gasteiger partial charge is 0.365 e. The SMILES string of the molecule is C=CC1OC(C=C)C2C(=O)N(CC)C(=O)C12. The van der Waals surface area contributed by atoms with Gasteiger partial charge in [-0.05, 0) is 6.92 Å². The molecule has 4 nitrogen and oxygen atoms in total. The van der Waals surface area contributed by atoms with Crippen molar-refractivity contribution in [2.24, 2.45) is 11.8 Å². The normalized spacial score (nSPS) is 37.7. The molecule has 86 valence electrons. The maximum Gasteiger partial charge on any atom is 0.236 e. The standard InChI is InChI=1S/C12H15NO3/c1-4-7-9-10(8(5-2)16-7)12(15)13(6-3)11(9)14/h4-5,7-10H,1-2,6H2,3H3. The Hall–Kier alpha value is -1.42. The first-order valence-corrected chi connectivity index (χ1v) is 5.41. The summed E-state index contributed by atoms with van der Waals surface area (Å²) in [6.45, 7) is 9.49. The van der Waals surface area contributed by atoms with Crippen LogP contribution in [0.3, 0.4) is 0 Å². The molecule has 0 saturated carbocycles. The van der Waals surface area contributed by atoms with E-state index in [2.05, 4.69) is 13.2 Å². The minimum absolute atomic E-state index is 0.147. The van der Waals surface area contributed by atoms with Crippen LogP contribution < -0.4 is 0 Å². The Morgan fingerprint density at radius 3 is 1.94 bits per heavy atom. The van der Waals surface area contributed by atoms with Crippen LogP contribution in [0.15, 0.2) is 25.3 Å². The Morgan fingerprint density at radius 2 is 1.62 bits per heavy atom. The maximum atomic E-state index is 12.0. The van der Waals surface area contributed by atoms with E-state index in [9.17, 15) is 9.59 Å². The van der Waals surface area contributed by atoms with Crippen molar-refractivity contribution in [1.82, 2.24) is 4.90 Å². The molecule has 2 fully saturated rings. The summed E-state index contributed by atoms with van der Waals surface area (Å²) in [5.74, 6) is -1.11. The first-order valence-electron chi connectivity index (χ1n) is 5.41. The Kier molecular flexibility index (Phi) is 2.68. The number of hydrogen-bond donors (Lipinski definition) is 0. The predicted molar refractivity (Wildman–Crippen MR) is 58.4 cm³/mol. The van der Waals surface area contributed by atoms with E-state index in [0.717, 1.165) is 0 Å². The topological polar surface area (TPSA) is 46.6 Å². The number of fused-ring (bicyclic) bond motifs is 1. The number of imide groups is 1. The van der Waals surface area contributed by atoms with Crippen LogP contribution in [0.4, 0.5) is 0 Å². The summed E-state index contributed by atoms with van der Waals surface area (Å²) in [5, 5.41) is 0. The average Bonchev–Trinajstić information content (AvgIpc) is 2.77. The number of carbonyl (C=O) groups excluding carboxylic acids is 2. The Bertz CT molecular complexity index is 331. The molecular weight excluding hydrogens is 206 g/mol. The van der Waals surface area contributed by atoms with Crippen molar-refractivity contribution in [1.29, 1.82) is 0 Å². The maximum absolute atomic E-state index is 12.0. The van der Waals surface area contributed by atoms with E-state index < -0.39 is 11.8 Å². The fourth-order valence-electron chi connectivity index (χ4n) is 2.53. The minimum atomic E-state index is -0.409. The van der Waals surface area contributed by atoms with Crippen LogP contribution in [-0.2, 0) is 14.3 Å². The zero-order valence-electron chi connectivity index (χ0n) is 9.26. The molecule has 0 N–H and O–H groups in total. The van der Waals surface area contributed by atoms with Crippen molar-refractivity contribution in [3.63, 3.8) is 0 Å². The third-order valence-electron chi connectivity index (χ3n) is 3.29. The van der Waals surface area contributed by atoms with Gasteiger partial charge in [-0.25, -0.2) is 0 Å². The van der Waals surface area contributed by atoms with E-state index in [1.807, 2.05) is 0 Å². The molecule has 2 heterocycles. The lowest BCUT2D eigenvalue weighted by atomic mass is 9.89. The molecule has 2 aliphatic heterocycles. The number of likely N-dealkylation sites (tertiary alicyclic amines) is 1. The van der Waals surface area contributed by atoms with Crippen LogP contribution in [-0.4, -0.2) is 35.5 Å². The molecule has 0 radical (unpaired) electrons. The molecule has 4 unspecified atom stereocenters. The number of amides is 2. The quantitative estimate of drug-likeness (QED) is 0.522. The molecule has 0 aromatic rings. The second-order valence-corrected chi connectivity index (χ2v) is 4.01. The van der Waals surface area contributed by atoms with Crippen molar-refractivity contribution in [3.05, 3.63) is 25.3 Å². The molecule has 2 saturated heterocycles. The van der Waals surface area contributed by atoms with E-state index in [-0.39, 0.29) is 24.0 Å². The highest BCUT2D eigenvalue weighted by atomic mass is 16.5. The summed E-state index contributed by atoms with van der Waals surface area (Å²) in [6.07, 6.45) is 2.43. The smallest absolute Gasteiger partial charge is 0.236 e. The average molecular weight is 221 g/mol. The summed E-state index contributed by atoms with van der Waals surface area (Å²) in [6, 6.07) is 0. The van der Waals surface area contributed by atoms with Crippen LogP contribution >= 0.6 is 0 Å². The molecule has 2 amide bonds. The van der Waals surface area contributed by atoms with Gasteiger partial charge in [-0.2, -0.15) is 0 Å². The number of rotatable bonds is 3. The molecule has 0 aliphatic carbocycles. The predicted octanol–water partition coefficient (Wildman–Crippen LogP) is 0.747. The van der Waals surface area contributed by atoms with Gasteiger partial charge in [-0.3, -0.25) is 14.5 Å². The fourth-order valence-corrected chi connectivity index (χ4v) is 2.53. The number of ether oxygens (including phenoxy) is 1. The lowest BCUT2D eigenvalue weighted by molar-refractivity contribution is -0.142. The Labute approximate surface area is 94.6 Å².